The molecule has 1 aromatic heterocycles. The Hall–Kier alpha value is -1.72. The Morgan fingerprint density at radius 1 is 1.20 bits per heavy atom. The lowest BCUT2D eigenvalue weighted by Crippen LogP contribution is -2.36. The zero-order chi connectivity index (χ0) is 14.4. The Morgan fingerprint density at radius 2 is 1.95 bits per heavy atom. The maximum atomic E-state index is 5.09. The van der Waals surface area contributed by atoms with Crippen LogP contribution >= 0.6 is 23.6 Å². The van der Waals surface area contributed by atoms with Crippen molar-refractivity contribution in [3.05, 3.63) is 47.3 Å². The van der Waals surface area contributed by atoms with Gasteiger partial charge in [-0.25, -0.2) is 0 Å². The van der Waals surface area contributed by atoms with E-state index in [4.69, 9.17) is 12.2 Å². The molecule has 2 N–H and O–H groups in total. The van der Waals surface area contributed by atoms with Gasteiger partial charge in [-0.05, 0) is 43.8 Å². The van der Waals surface area contributed by atoms with Crippen molar-refractivity contribution >= 4 is 34.9 Å². The molecule has 1 aromatic carbocycles. The molecule has 0 radical (unpaired) electrons. The molecule has 0 saturated carbocycles. The van der Waals surface area contributed by atoms with Gasteiger partial charge in [-0.2, -0.15) is 5.10 Å². The van der Waals surface area contributed by atoms with Gasteiger partial charge >= 0.3 is 0 Å². The zero-order valence-electron chi connectivity index (χ0n) is 11.5. The van der Waals surface area contributed by atoms with Crippen LogP contribution in [0.25, 0.3) is 10.4 Å². The van der Waals surface area contributed by atoms with E-state index in [0.29, 0.717) is 11.2 Å². The Labute approximate surface area is 128 Å². The molecule has 2 rings (SSSR count). The van der Waals surface area contributed by atoms with E-state index in [-0.39, 0.29) is 0 Å². The van der Waals surface area contributed by atoms with Gasteiger partial charge in [-0.3, -0.25) is 5.43 Å². The maximum Gasteiger partial charge on any atom is 0.187 e. The van der Waals surface area contributed by atoms with Crippen molar-refractivity contribution < 1.29 is 0 Å². The third kappa shape index (κ3) is 4.43. The highest BCUT2D eigenvalue weighted by molar-refractivity contribution is 7.80. The molecule has 0 spiro atoms. The van der Waals surface area contributed by atoms with Gasteiger partial charge in [-0.1, -0.05) is 30.3 Å². The summed E-state index contributed by atoms with van der Waals surface area (Å²) in [5.41, 5.74) is 4.03. The summed E-state index contributed by atoms with van der Waals surface area (Å²) in [5, 5.41) is 7.74. The highest BCUT2D eigenvalue weighted by atomic mass is 32.1. The van der Waals surface area contributed by atoms with Gasteiger partial charge in [0.25, 0.3) is 0 Å². The van der Waals surface area contributed by atoms with E-state index in [0.717, 1.165) is 4.88 Å². The van der Waals surface area contributed by atoms with E-state index in [2.05, 4.69) is 40.1 Å². The number of nitrogens with one attached hydrogen (secondary N) is 2. The quantitative estimate of drug-likeness (QED) is 0.514. The molecule has 3 nitrogen and oxygen atoms in total. The Bertz CT molecular complexity index is 588. The van der Waals surface area contributed by atoms with Crippen LogP contribution in [0.1, 0.15) is 18.7 Å². The predicted octanol–water partition coefficient (Wildman–Crippen LogP) is 3.62. The van der Waals surface area contributed by atoms with Crippen molar-refractivity contribution in [2.75, 3.05) is 0 Å². The summed E-state index contributed by atoms with van der Waals surface area (Å²) in [4.78, 5) is 2.32. The summed E-state index contributed by atoms with van der Waals surface area (Å²) >= 11 is 6.79. The highest BCUT2D eigenvalue weighted by Gasteiger charge is 2.00. The van der Waals surface area contributed by atoms with Gasteiger partial charge in [0, 0.05) is 15.8 Å². The molecule has 0 atom stereocenters. The van der Waals surface area contributed by atoms with Crippen LogP contribution in [-0.2, 0) is 0 Å². The molecule has 104 valence electrons. The summed E-state index contributed by atoms with van der Waals surface area (Å²) in [5.74, 6) is 0. The Morgan fingerprint density at radius 3 is 2.65 bits per heavy atom. The fraction of sp³-hybridized carbons (Fsp3) is 0.200. The lowest BCUT2D eigenvalue weighted by molar-refractivity contribution is 0.720. The molecule has 20 heavy (non-hydrogen) atoms. The van der Waals surface area contributed by atoms with Crippen molar-refractivity contribution in [3.8, 4) is 10.4 Å². The van der Waals surface area contributed by atoms with Gasteiger partial charge in [0.15, 0.2) is 5.11 Å². The third-order valence-corrected chi connectivity index (χ3v) is 3.74. The number of hydrogen-bond acceptors (Lipinski definition) is 3. The van der Waals surface area contributed by atoms with Crippen LogP contribution in [0.5, 0.6) is 0 Å². The van der Waals surface area contributed by atoms with Crippen molar-refractivity contribution in [2.45, 2.75) is 19.9 Å². The molecule has 0 aliphatic carbocycles. The number of benzene rings is 1. The van der Waals surface area contributed by atoms with Gasteiger partial charge in [0.05, 0.1) is 6.21 Å². The summed E-state index contributed by atoms with van der Waals surface area (Å²) in [6.07, 6.45) is 1.78. The molecule has 5 heteroatoms. The molecule has 2 aromatic rings. The third-order valence-electron chi connectivity index (χ3n) is 2.46. The topological polar surface area (TPSA) is 36.4 Å². The maximum absolute atomic E-state index is 5.09. The van der Waals surface area contributed by atoms with Crippen LogP contribution in [0.3, 0.4) is 0 Å². The molecular formula is C15H17N3S2. The summed E-state index contributed by atoms with van der Waals surface area (Å²) in [6.45, 7) is 4.06. The predicted molar refractivity (Wildman–Crippen MR) is 91.4 cm³/mol. The number of nitrogens with zero attached hydrogens (tertiary/aromatic N) is 1. The van der Waals surface area contributed by atoms with Crippen molar-refractivity contribution in [2.24, 2.45) is 5.10 Å². The van der Waals surface area contributed by atoms with Crippen LogP contribution in [0.2, 0.25) is 0 Å². The van der Waals surface area contributed by atoms with E-state index in [1.165, 1.54) is 10.4 Å². The summed E-state index contributed by atoms with van der Waals surface area (Å²) in [7, 11) is 0. The van der Waals surface area contributed by atoms with Gasteiger partial charge < -0.3 is 5.32 Å². The second kappa shape index (κ2) is 7.17. The normalized spacial score (nSPS) is 10.9. The summed E-state index contributed by atoms with van der Waals surface area (Å²) in [6, 6.07) is 14.8. The largest absolute Gasteiger partial charge is 0.359 e. The Balaban J connectivity index is 1.95. The lowest BCUT2D eigenvalue weighted by atomic mass is 10.2. The standard InChI is InChI=1S/C15H17N3S2/c1-11(2)17-15(19)18-16-10-13-8-9-14(20-13)12-6-4-3-5-7-12/h3-11H,1-2H3,(H2,17,18,19)/b16-10-. The zero-order valence-corrected chi connectivity index (χ0v) is 13.1. The van der Waals surface area contributed by atoms with Gasteiger partial charge in [0.1, 0.15) is 0 Å². The molecule has 0 fully saturated rings. The van der Waals surface area contributed by atoms with Gasteiger partial charge in [-0.15, -0.1) is 11.3 Å². The second-order valence-corrected chi connectivity index (χ2v) is 6.09. The molecule has 0 amide bonds. The first-order valence-electron chi connectivity index (χ1n) is 6.40. The first kappa shape index (κ1) is 14.7. The first-order chi connectivity index (χ1) is 9.65. The number of thiocarbonyl (C=S) groups is 1. The van der Waals surface area contributed by atoms with Crippen molar-refractivity contribution in [1.29, 1.82) is 0 Å². The molecule has 0 aliphatic rings. The molecule has 1 heterocycles. The van der Waals surface area contributed by atoms with Crippen LogP contribution in [0.4, 0.5) is 0 Å². The fourth-order valence-electron chi connectivity index (χ4n) is 1.63. The van der Waals surface area contributed by atoms with Crippen LogP contribution in [0.15, 0.2) is 47.6 Å². The van der Waals surface area contributed by atoms with E-state index < -0.39 is 0 Å². The molecule has 0 bridgehead atoms. The van der Waals surface area contributed by atoms with E-state index >= 15 is 0 Å². The van der Waals surface area contributed by atoms with E-state index in [1.807, 2.05) is 32.0 Å². The minimum absolute atomic E-state index is 0.302. The number of thiophene rings is 1. The SMILES string of the molecule is CC(C)NC(=S)N/N=C\c1ccc(-c2ccccc2)s1. The Kier molecular flexibility index (Phi) is 5.26. The number of hydrogen-bond donors (Lipinski definition) is 2. The second-order valence-electron chi connectivity index (χ2n) is 4.57. The molecular weight excluding hydrogens is 286 g/mol. The van der Waals surface area contributed by atoms with Crippen LogP contribution in [-0.4, -0.2) is 17.4 Å². The first-order valence-corrected chi connectivity index (χ1v) is 7.62. The minimum Gasteiger partial charge on any atom is -0.359 e. The number of rotatable bonds is 4. The van der Waals surface area contributed by atoms with Crippen LogP contribution < -0.4 is 10.7 Å². The average molecular weight is 303 g/mol. The summed E-state index contributed by atoms with van der Waals surface area (Å²) < 4.78 is 0. The number of hydrazone groups is 1. The van der Waals surface area contributed by atoms with Gasteiger partial charge in [0.2, 0.25) is 0 Å². The van der Waals surface area contributed by atoms with E-state index in [1.54, 1.807) is 17.6 Å². The lowest BCUT2D eigenvalue weighted by Gasteiger charge is -2.09. The van der Waals surface area contributed by atoms with E-state index in [9.17, 15) is 0 Å². The molecule has 0 aliphatic heterocycles. The molecule has 0 saturated heterocycles. The monoisotopic (exact) mass is 303 g/mol. The minimum atomic E-state index is 0.302. The van der Waals surface area contributed by atoms with Crippen molar-refractivity contribution in [1.82, 2.24) is 10.7 Å². The molecule has 0 unspecified atom stereocenters. The fourth-order valence-corrected chi connectivity index (χ4v) is 2.80. The van der Waals surface area contributed by atoms with Crippen molar-refractivity contribution in [3.63, 3.8) is 0 Å². The average Bonchev–Trinajstić information content (AvgIpc) is 2.88. The smallest absolute Gasteiger partial charge is 0.187 e. The van der Waals surface area contributed by atoms with Crippen LogP contribution in [0, 0.1) is 0 Å². The highest BCUT2D eigenvalue weighted by Crippen LogP contribution is 2.26.